The fraction of sp³-hybridized carbons (Fsp3) is 0.636. The van der Waals surface area contributed by atoms with Gasteiger partial charge < -0.3 is 5.73 Å². The summed E-state index contributed by atoms with van der Waals surface area (Å²) in [5.41, 5.74) is 9.19. The Morgan fingerprint density at radius 3 is 2.67 bits per heavy atom. The van der Waals surface area contributed by atoms with Gasteiger partial charge in [-0.15, -0.1) is 0 Å². The first-order valence-corrected chi connectivity index (χ1v) is 9.88. The summed E-state index contributed by atoms with van der Waals surface area (Å²) in [7, 11) is 0. The zero-order chi connectivity index (χ0) is 16.9. The quantitative estimate of drug-likeness (QED) is 0.724. The second-order valence-corrected chi connectivity index (χ2v) is 8.09. The van der Waals surface area contributed by atoms with Crippen LogP contribution in [0, 0.1) is 17.8 Å². The SMILES string of the molecule is CC1=C\C(C(C)NC(N)C2CCC3CCCC[C@H]3C2)=C\C=C/C=C\1. The monoisotopic (exact) mass is 326 g/mol. The van der Waals surface area contributed by atoms with Crippen molar-refractivity contribution in [3.8, 4) is 0 Å². The summed E-state index contributed by atoms with van der Waals surface area (Å²) < 4.78 is 0. The van der Waals surface area contributed by atoms with E-state index < -0.39 is 0 Å². The van der Waals surface area contributed by atoms with Gasteiger partial charge in [0.1, 0.15) is 0 Å². The maximum atomic E-state index is 6.59. The second-order valence-electron chi connectivity index (χ2n) is 8.09. The van der Waals surface area contributed by atoms with Gasteiger partial charge in [0, 0.05) is 6.04 Å². The highest BCUT2D eigenvalue weighted by molar-refractivity contribution is 5.38. The topological polar surface area (TPSA) is 38.0 Å². The fourth-order valence-corrected chi connectivity index (χ4v) is 4.82. The van der Waals surface area contributed by atoms with Gasteiger partial charge in [-0.25, -0.2) is 0 Å². The van der Waals surface area contributed by atoms with Crippen molar-refractivity contribution < 1.29 is 0 Å². The first-order chi connectivity index (χ1) is 11.6. The molecule has 0 amide bonds. The number of allylic oxidation sites excluding steroid dienone is 6. The molecule has 3 rings (SSSR count). The molecule has 4 unspecified atom stereocenters. The van der Waals surface area contributed by atoms with E-state index in [1.54, 1.807) is 0 Å². The van der Waals surface area contributed by atoms with E-state index >= 15 is 0 Å². The van der Waals surface area contributed by atoms with Gasteiger partial charge in [-0.1, -0.05) is 67.7 Å². The van der Waals surface area contributed by atoms with Crippen molar-refractivity contribution in [2.75, 3.05) is 0 Å². The Labute approximate surface area is 148 Å². The Bertz CT molecular complexity index is 540. The van der Waals surface area contributed by atoms with Crippen molar-refractivity contribution in [2.24, 2.45) is 23.5 Å². The molecule has 2 heteroatoms. The zero-order valence-electron chi connectivity index (χ0n) is 15.4. The molecule has 24 heavy (non-hydrogen) atoms. The van der Waals surface area contributed by atoms with Crippen molar-refractivity contribution >= 4 is 0 Å². The average Bonchev–Trinajstić information content (AvgIpc) is 2.57. The standard InChI is InChI=1S/C22H34N2/c1-16-8-4-3-5-10-19(14-16)17(2)24-22(23)21-13-12-18-9-6-7-11-20(18)15-21/h3-5,8,10,14,17-18,20-22,24H,6-7,9,11-13,15,23H2,1-2H3/b4-3?,5-3-,8-4-,10-5?,16-8?,16-14+,19-10-,19-14?/t17?,18?,20-,21?,22?/m0/s1. The van der Waals surface area contributed by atoms with Crippen LogP contribution in [0.15, 0.2) is 47.6 Å². The van der Waals surface area contributed by atoms with E-state index in [2.05, 4.69) is 55.6 Å². The van der Waals surface area contributed by atoms with Crippen LogP contribution in [0.4, 0.5) is 0 Å². The van der Waals surface area contributed by atoms with Gasteiger partial charge in [-0.05, 0) is 56.4 Å². The second kappa shape index (κ2) is 8.31. The summed E-state index contributed by atoms with van der Waals surface area (Å²) in [6.45, 7) is 4.39. The fourth-order valence-electron chi connectivity index (χ4n) is 4.82. The number of hydrogen-bond acceptors (Lipinski definition) is 2. The zero-order valence-corrected chi connectivity index (χ0v) is 15.4. The van der Waals surface area contributed by atoms with Gasteiger partial charge in [0.2, 0.25) is 0 Å². The molecule has 0 aromatic rings. The van der Waals surface area contributed by atoms with Crippen LogP contribution in [0.5, 0.6) is 0 Å². The predicted molar refractivity (Wildman–Crippen MR) is 103 cm³/mol. The highest BCUT2D eigenvalue weighted by Crippen LogP contribution is 2.43. The van der Waals surface area contributed by atoms with Crippen molar-refractivity contribution in [1.29, 1.82) is 0 Å². The lowest BCUT2D eigenvalue weighted by Gasteiger charge is -2.41. The third kappa shape index (κ3) is 4.49. The van der Waals surface area contributed by atoms with Crippen molar-refractivity contribution in [3.63, 3.8) is 0 Å². The minimum absolute atomic E-state index is 0.113. The van der Waals surface area contributed by atoms with Crippen LogP contribution in [0.25, 0.3) is 0 Å². The predicted octanol–water partition coefficient (Wildman–Crippen LogP) is 4.85. The Kier molecular flexibility index (Phi) is 6.13. The summed E-state index contributed by atoms with van der Waals surface area (Å²) in [5.74, 6) is 2.58. The van der Waals surface area contributed by atoms with Crippen molar-refractivity contribution in [1.82, 2.24) is 5.32 Å². The highest BCUT2D eigenvalue weighted by Gasteiger charge is 2.34. The van der Waals surface area contributed by atoms with Crippen LogP contribution in [0.1, 0.15) is 58.8 Å². The van der Waals surface area contributed by atoms with Crippen LogP contribution in [-0.2, 0) is 0 Å². The summed E-state index contributed by atoms with van der Waals surface area (Å²) in [6.07, 6.45) is 22.9. The molecule has 0 aromatic heterocycles. The van der Waals surface area contributed by atoms with E-state index in [9.17, 15) is 0 Å². The number of hydrogen-bond donors (Lipinski definition) is 2. The van der Waals surface area contributed by atoms with E-state index in [1.807, 2.05) is 0 Å². The number of nitrogens with one attached hydrogen (secondary N) is 1. The lowest BCUT2D eigenvalue weighted by atomic mass is 9.67. The molecule has 3 aliphatic rings. The first kappa shape index (κ1) is 17.7. The molecule has 0 heterocycles. The molecule has 3 N–H and O–H groups in total. The molecular weight excluding hydrogens is 292 g/mol. The van der Waals surface area contributed by atoms with Gasteiger partial charge in [0.05, 0.1) is 6.17 Å². The van der Waals surface area contributed by atoms with E-state index in [0.717, 1.165) is 11.8 Å². The third-order valence-electron chi connectivity index (χ3n) is 6.29. The van der Waals surface area contributed by atoms with E-state index in [1.165, 1.54) is 56.1 Å². The average molecular weight is 327 g/mol. The Morgan fingerprint density at radius 2 is 1.83 bits per heavy atom. The van der Waals surface area contributed by atoms with Gasteiger partial charge in [-0.2, -0.15) is 0 Å². The minimum atomic E-state index is 0.113. The molecule has 2 saturated carbocycles. The smallest absolute Gasteiger partial charge is 0.0580 e. The van der Waals surface area contributed by atoms with Crippen LogP contribution in [0.2, 0.25) is 0 Å². The Hall–Kier alpha value is -1.12. The van der Waals surface area contributed by atoms with Crippen molar-refractivity contribution in [3.05, 3.63) is 47.6 Å². The van der Waals surface area contributed by atoms with Crippen molar-refractivity contribution in [2.45, 2.75) is 71.0 Å². The van der Waals surface area contributed by atoms with Gasteiger partial charge >= 0.3 is 0 Å². The Balaban J connectivity index is 1.57. The molecule has 2 nitrogen and oxygen atoms in total. The maximum Gasteiger partial charge on any atom is 0.0580 e. The minimum Gasteiger partial charge on any atom is -0.316 e. The largest absolute Gasteiger partial charge is 0.316 e. The molecule has 0 aliphatic heterocycles. The number of rotatable bonds is 4. The molecule has 0 spiro atoms. The molecule has 132 valence electrons. The summed E-state index contributed by atoms with van der Waals surface area (Å²) in [5, 5.41) is 3.69. The van der Waals surface area contributed by atoms with E-state index in [4.69, 9.17) is 5.73 Å². The highest BCUT2D eigenvalue weighted by atomic mass is 15.1. The molecular formula is C22H34N2. The summed E-state index contributed by atoms with van der Waals surface area (Å²) in [6, 6.07) is 0.287. The molecule has 2 fully saturated rings. The van der Waals surface area contributed by atoms with E-state index in [0.29, 0.717) is 5.92 Å². The van der Waals surface area contributed by atoms with Crippen LogP contribution >= 0.6 is 0 Å². The first-order valence-electron chi connectivity index (χ1n) is 9.88. The van der Waals surface area contributed by atoms with Gasteiger partial charge in [-0.3, -0.25) is 5.32 Å². The van der Waals surface area contributed by atoms with Crippen LogP contribution in [-0.4, -0.2) is 12.2 Å². The molecule has 0 aromatic carbocycles. The summed E-state index contributed by atoms with van der Waals surface area (Å²) >= 11 is 0. The third-order valence-corrected chi connectivity index (χ3v) is 6.29. The molecule has 5 atom stereocenters. The molecule has 0 bridgehead atoms. The van der Waals surface area contributed by atoms with Crippen LogP contribution < -0.4 is 11.1 Å². The van der Waals surface area contributed by atoms with Gasteiger partial charge in [0.25, 0.3) is 0 Å². The number of fused-ring (bicyclic) bond motifs is 1. The Morgan fingerprint density at radius 1 is 1.04 bits per heavy atom. The summed E-state index contributed by atoms with van der Waals surface area (Å²) in [4.78, 5) is 0. The lowest BCUT2D eigenvalue weighted by Crippen LogP contribution is -2.50. The van der Waals surface area contributed by atoms with Gasteiger partial charge in [0.15, 0.2) is 0 Å². The normalized spacial score (nSPS) is 39.9. The molecule has 3 aliphatic carbocycles. The maximum absolute atomic E-state index is 6.59. The molecule has 0 saturated heterocycles. The van der Waals surface area contributed by atoms with Crippen LogP contribution in [0.3, 0.4) is 0 Å². The number of nitrogens with two attached hydrogens (primary N) is 1. The lowest BCUT2D eigenvalue weighted by molar-refractivity contribution is 0.109. The van der Waals surface area contributed by atoms with E-state index in [-0.39, 0.29) is 12.2 Å². The molecule has 0 radical (unpaired) electrons.